The van der Waals surface area contributed by atoms with Gasteiger partial charge in [0.1, 0.15) is 11.7 Å². The molecule has 1 fully saturated rings. The minimum absolute atomic E-state index is 0.0292. The number of rotatable bonds is 19. The van der Waals surface area contributed by atoms with Crippen LogP contribution < -0.4 is 15.8 Å². The van der Waals surface area contributed by atoms with Crippen LogP contribution in [0.2, 0.25) is 0 Å². The van der Waals surface area contributed by atoms with Crippen LogP contribution in [0.5, 0.6) is 0 Å². The molecule has 14 nitrogen and oxygen atoms in total. The van der Waals surface area contributed by atoms with E-state index >= 15 is 0 Å². The Morgan fingerprint density at radius 2 is 1.54 bits per heavy atom. The van der Waals surface area contributed by atoms with Crippen LogP contribution in [-0.2, 0) is 38.7 Å². The van der Waals surface area contributed by atoms with Gasteiger partial charge in [-0.25, -0.2) is 13.1 Å². The molecule has 15 heteroatoms. The summed E-state index contributed by atoms with van der Waals surface area (Å²) in [6.07, 6.45) is 0.435. The van der Waals surface area contributed by atoms with E-state index in [4.69, 9.17) is 9.47 Å². The Kier molecular flexibility index (Phi) is 17.2. The molecule has 1 aliphatic heterocycles. The SMILES string of the molecule is CCC(C)C(C(CC(=O)N1CCCC1C(OC)C(C)C(=O)NS(=O)(=O)c1ccc([NH3+])cc1)OC)N(C)C(=O)C(NC(=O)C(C(C)C)N(C)C)C(C)C. The van der Waals surface area contributed by atoms with Gasteiger partial charge in [0.2, 0.25) is 23.6 Å². The van der Waals surface area contributed by atoms with E-state index in [1.165, 1.54) is 26.4 Å². The van der Waals surface area contributed by atoms with Gasteiger partial charge in [0.05, 0.1) is 47.6 Å². The van der Waals surface area contributed by atoms with E-state index in [1.54, 1.807) is 35.9 Å². The number of hydrogen-bond acceptors (Lipinski definition) is 9. The highest BCUT2D eigenvalue weighted by molar-refractivity contribution is 7.90. The average molecular weight is 754 g/mol. The van der Waals surface area contributed by atoms with Crippen LogP contribution in [0.15, 0.2) is 29.2 Å². The number of nitrogens with zero attached hydrogens (tertiary/aromatic N) is 3. The molecule has 4 amide bonds. The van der Waals surface area contributed by atoms with Gasteiger partial charge in [-0.15, -0.1) is 0 Å². The van der Waals surface area contributed by atoms with E-state index < -0.39 is 58.2 Å². The van der Waals surface area contributed by atoms with Crippen LogP contribution in [-0.4, -0.2) is 125 Å². The number of benzene rings is 1. The highest BCUT2D eigenvalue weighted by Gasteiger charge is 2.43. The lowest BCUT2D eigenvalue weighted by molar-refractivity contribution is -0.254. The molecular formula is C37H65N6O8S+. The van der Waals surface area contributed by atoms with Crippen molar-refractivity contribution in [2.24, 2.45) is 23.7 Å². The van der Waals surface area contributed by atoms with Crippen LogP contribution >= 0.6 is 0 Å². The van der Waals surface area contributed by atoms with E-state index in [2.05, 4.69) is 15.8 Å². The van der Waals surface area contributed by atoms with E-state index in [0.717, 1.165) is 0 Å². The number of methoxy groups -OCH3 is 2. The molecule has 0 bridgehead atoms. The lowest BCUT2D eigenvalue weighted by Gasteiger charge is -2.41. The number of likely N-dealkylation sites (N-methyl/N-ethyl adjacent to an activating group) is 2. The van der Waals surface area contributed by atoms with Crippen LogP contribution in [0.25, 0.3) is 0 Å². The maximum atomic E-state index is 14.2. The van der Waals surface area contributed by atoms with Crippen LogP contribution in [0.1, 0.15) is 74.1 Å². The number of hydrogen-bond donors (Lipinski definition) is 3. The Hall–Kier alpha value is -3.11. The molecule has 5 N–H and O–H groups in total. The second kappa shape index (κ2) is 19.8. The third-order valence-electron chi connectivity index (χ3n) is 10.4. The summed E-state index contributed by atoms with van der Waals surface area (Å²) in [5.41, 5.74) is 4.40. The molecule has 1 saturated heterocycles. The maximum Gasteiger partial charge on any atom is 0.264 e. The zero-order chi connectivity index (χ0) is 39.7. The molecule has 2 rings (SSSR count). The Bertz CT molecular complexity index is 1450. The predicted molar refractivity (Wildman–Crippen MR) is 200 cm³/mol. The normalized spacial score (nSPS) is 19.2. The minimum atomic E-state index is -4.14. The molecule has 1 aliphatic rings. The van der Waals surface area contributed by atoms with Crippen molar-refractivity contribution in [1.82, 2.24) is 24.7 Å². The number of nitrogens with one attached hydrogen (secondary N) is 2. The van der Waals surface area contributed by atoms with Crippen molar-refractivity contribution in [2.75, 3.05) is 41.9 Å². The van der Waals surface area contributed by atoms with Gasteiger partial charge in [-0.1, -0.05) is 54.9 Å². The lowest BCUT2D eigenvalue weighted by Crippen LogP contribution is -2.59. The Morgan fingerprint density at radius 3 is 2.02 bits per heavy atom. The van der Waals surface area contributed by atoms with Crippen LogP contribution in [0, 0.1) is 23.7 Å². The molecule has 8 unspecified atom stereocenters. The topological polar surface area (TPSA) is 182 Å². The third-order valence-corrected chi connectivity index (χ3v) is 11.8. The second-order valence-electron chi connectivity index (χ2n) is 15.1. The molecule has 0 aromatic heterocycles. The zero-order valence-electron chi connectivity index (χ0n) is 33.3. The highest BCUT2D eigenvalue weighted by Crippen LogP contribution is 2.30. The van der Waals surface area contributed by atoms with Gasteiger partial charge in [0, 0.05) is 39.9 Å². The van der Waals surface area contributed by atoms with E-state index in [1.807, 2.05) is 60.5 Å². The summed E-state index contributed by atoms with van der Waals surface area (Å²) in [4.78, 5) is 60.1. The lowest BCUT2D eigenvalue weighted by atomic mass is 9.89. The van der Waals surface area contributed by atoms with Gasteiger partial charge in [0.25, 0.3) is 10.0 Å². The summed E-state index contributed by atoms with van der Waals surface area (Å²) in [5, 5.41) is 3.01. The van der Waals surface area contributed by atoms with Gasteiger partial charge < -0.3 is 30.3 Å². The third kappa shape index (κ3) is 11.2. The number of likely N-dealkylation sites (tertiary alicyclic amines) is 1. The molecule has 0 spiro atoms. The average Bonchev–Trinajstić information content (AvgIpc) is 3.55. The molecule has 8 atom stereocenters. The first-order valence-electron chi connectivity index (χ1n) is 18.3. The molecule has 52 heavy (non-hydrogen) atoms. The number of quaternary nitrogens is 1. The fourth-order valence-corrected chi connectivity index (χ4v) is 8.43. The first-order chi connectivity index (χ1) is 24.2. The Balaban J connectivity index is 2.29. The fraction of sp³-hybridized carbons (Fsp3) is 0.730. The van der Waals surface area contributed by atoms with Crippen molar-refractivity contribution in [3.05, 3.63) is 24.3 Å². The standard InChI is InChI=1S/C37H64N6O8S/c1-13-24(6)33(42(10)37(47)31(22(2)3)39-36(46)32(23(4)5)41(8)9)29(50-11)21-30(44)43-20-14-15-28(43)34(51-12)25(7)35(45)40-52(48,49)27-18-16-26(38)17-19-27/h16-19,22-25,28-29,31-34H,13-15,20-21,38H2,1-12H3,(H,39,46)(H,40,45)/p+1. The number of carbonyl (C=O) groups excluding carboxylic acids is 4. The monoisotopic (exact) mass is 753 g/mol. The first-order valence-corrected chi connectivity index (χ1v) is 19.8. The molecule has 296 valence electrons. The fourth-order valence-electron chi connectivity index (χ4n) is 7.36. The first kappa shape index (κ1) is 45.0. The van der Waals surface area contributed by atoms with Crippen molar-refractivity contribution < 1.29 is 42.8 Å². The Morgan fingerprint density at radius 1 is 0.942 bits per heavy atom. The van der Waals surface area contributed by atoms with E-state index in [0.29, 0.717) is 31.5 Å². The largest absolute Gasteiger partial charge is 0.379 e. The predicted octanol–water partition coefficient (Wildman–Crippen LogP) is 2.01. The molecule has 0 saturated carbocycles. The molecule has 1 aromatic rings. The number of carbonyl (C=O) groups is 4. The molecule has 1 heterocycles. The van der Waals surface area contributed by atoms with Gasteiger partial charge in [-0.05, 0) is 56.8 Å². The summed E-state index contributed by atoms with van der Waals surface area (Å²) < 4.78 is 39.8. The molecular weight excluding hydrogens is 689 g/mol. The summed E-state index contributed by atoms with van der Waals surface area (Å²) >= 11 is 0. The van der Waals surface area contributed by atoms with Crippen LogP contribution in [0.4, 0.5) is 5.69 Å². The summed E-state index contributed by atoms with van der Waals surface area (Å²) in [6.45, 7) is 13.7. The zero-order valence-corrected chi connectivity index (χ0v) is 34.2. The molecule has 0 aliphatic carbocycles. The van der Waals surface area contributed by atoms with Gasteiger partial charge in [-0.3, -0.25) is 24.1 Å². The van der Waals surface area contributed by atoms with Gasteiger partial charge in [0.15, 0.2) is 0 Å². The molecule has 1 aromatic carbocycles. The molecule has 0 radical (unpaired) electrons. The Labute approximate surface area is 311 Å². The quantitative estimate of drug-likeness (QED) is 0.190. The second-order valence-corrected chi connectivity index (χ2v) is 16.8. The maximum absolute atomic E-state index is 14.2. The number of sulfonamides is 1. The smallest absolute Gasteiger partial charge is 0.264 e. The van der Waals surface area contributed by atoms with Crippen molar-refractivity contribution in [3.63, 3.8) is 0 Å². The van der Waals surface area contributed by atoms with Crippen molar-refractivity contribution in [2.45, 2.75) is 115 Å². The van der Waals surface area contributed by atoms with E-state index in [9.17, 15) is 27.6 Å². The minimum Gasteiger partial charge on any atom is -0.379 e. The number of ether oxygens (including phenoxy) is 2. The summed E-state index contributed by atoms with van der Waals surface area (Å²) in [5.74, 6) is -2.59. The highest BCUT2D eigenvalue weighted by atomic mass is 32.2. The number of amides is 4. The van der Waals surface area contributed by atoms with Crippen molar-refractivity contribution in [3.8, 4) is 0 Å². The van der Waals surface area contributed by atoms with E-state index in [-0.39, 0.29) is 46.8 Å². The van der Waals surface area contributed by atoms with Gasteiger partial charge in [-0.2, -0.15) is 0 Å². The van der Waals surface area contributed by atoms with Crippen molar-refractivity contribution in [1.29, 1.82) is 0 Å². The van der Waals surface area contributed by atoms with Crippen molar-refractivity contribution >= 4 is 39.3 Å². The summed E-state index contributed by atoms with van der Waals surface area (Å²) in [6, 6.07) is 3.66. The van der Waals surface area contributed by atoms with Crippen LogP contribution in [0.3, 0.4) is 0 Å². The van der Waals surface area contributed by atoms with Gasteiger partial charge >= 0.3 is 0 Å². The summed E-state index contributed by atoms with van der Waals surface area (Å²) in [7, 11) is 4.21.